The smallest absolute Gasteiger partial charge is 0.224 e. The van der Waals surface area contributed by atoms with Crippen molar-refractivity contribution >= 4 is 18.3 Å². The van der Waals surface area contributed by atoms with Gasteiger partial charge in [-0.05, 0) is 51.0 Å². The Kier molecular flexibility index (Phi) is 5.52. The van der Waals surface area contributed by atoms with E-state index in [9.17, 15) is 4.79 Å². The van der Waals surface area contributed by atoms with Crippen molar-refractivity contribution in [3.8, 4) is 0 Å². The van der Waals surface area contributed by atoms with Gasteiger partial charge in [0.25, 0.3) is 0 Å². The van der Waals surface area contributed by atoms with Gasteiger partial charge in [-0.15, -0.1) is 12.4 Å². The van der Waals surface area contributed by atoms with Gasteiger partial charge in [0.05, 0.1) is 0 Å². The molecule has 110 valence electrons. The fourth-order valence-electron chi connectivity index (χ4n) is 4.19. The van der Waals surface area contributed by atoms with Gasteiger partial charge in [-0.2, -0.15) is 0 Å². The summed E-state index contributed by atoms with van der Waals surface area (Å²) < 4.78 is 0. The Hall–Kier alpha value is -0.280. The van der Waals surface area contributed by atoms with Crippen molar-refractivity contribution in [2.45, 2.75) is 69.9 Å². The average molecular weight is 287 g/mol. The summed E-state index contributed by atoms with van der Waals surface area (Å²) in [6.45, 7) is 2.12. The third-order valence-corrected chi connectivity index (χ3v) is 5.15. The van der Waals surface area contributed by atoms with Crippen LogP contribution in [0.2, 0.25) is 0 Å². The largest absolute Gasteiger partial charge is 0.339 e. The third-order valence-electron chi connectivity index (χ3n) is 5.15. The summed E-state index contributed by atoms with van der Waals surface area (Å²) in [5, 5.41) is 3.45. The van der Waals surface area contributed by atoms with Gasteiger partial charge < -0.3 is 10.2 Å². The van der Waals surface area contributed by atoms with Gasteiger partial charge in [0.15, 0.2) is 0 Å². The number of nitrogens with zero attached hydrogens (tertiary/aromatic N) is 1. The zero-order valence-electron chi connectivity index (χ0n) is 11.8. The first-order valence-electron chi connectivity index (χ1n) is 7.87. The normalized spacial score (nSPS) is 31.7. The summed E-state index contributed by atoms with van der Waals surface area (Å²) in [6.07, 6.45) is 11.1. The maximum Gasteiger partial charge on any atom is 0.224 e. The molecule has 0 bridgehead atoms. The van der Waals surface area contributed by atoms with Crippen LogP contribution in [-0.2, 0) is 4.79 Å². The summed E-state index contributed by atoms with van der Waals surface area (Å²) in [5.74, 6) is 1.23. The molecular weight excluding hydrogens is 260 g/mol. The standard InChI is InChI=1S/C15H26N2O.ClH/c18-15(11-13-7-3-9-16-13)17-10-4-8-14(17)12-5-1-2-6-12;/h12-14,16H,1-11H2;1H. The number of nitrogens with one attached hydrogen (secondary N) is 1. The lowest BCUT2D eigenvalue weighted by molar-refractivity contribution is -0.133. The van der Waals surface area contributed by atoms with E-state index in [1.54, 1.807) is 0 Å². The van der Waals surface area contributed by atoms with Crippen LogP contribution in [0.25, 0.3) is 0 Å². The summed E-state index contributed by atoms with van der Waals surface area (Å²) in [4.78, 5) is 14.7. The zero-order chi connectivity index (χ0) is 12.4. The molecule has 2 atom stereocenters. The summed E-state index contributed by atoms with van der Waals surface area (Å²) in [6, 6.07) is 1.05. The lowest BCUT2D eigenvalue weighted by Gasteiger charge is -2.30. The maximum atomic E-state index is 12.5. The number of amides is 1. The van der Waals surface area contributed by atoms with Crippen LogP contribution in [0.5, 0.6) is 0 Å². The molecule has 3 aliphatic rings. The zero-order valence-corrected chi connectivity index (χ0v) is 12.6. The van der Waals surface area contributed by atoms with Crippen LogP contribution < -0.4 is 5.32 Å². The quantitative estimate of drug-likeness (QED) is 0.865. The van der Waals surface area contributed by atoms with E-state index in [-0.39, 0.29) is 12.4 Å². The third kappa shape index (κ3) is 3.43. The van der Waals surface area contributed by atoms with E-state index >= 15 is 0 Å². The molecule has 19 heavy (non-hydrogen) atoms. The Morgan fingerprint density at radius 1 is 1.05 bits per heavy atom. The van der Waals surface area contributed by atoms with Crippen molar-refractivity contribution in [1.29, 1.82) is 0 Å². The second kappa shape index (κ2) is 6.94. The first-order valence-corrected chi connectivity index (χ1v) is 7.87. The van der Waals surface area contributed by atoms with Crippen LogP contribution in [0.15, 0.2) is 0 Å². The number of carbonyl (C=O) groups is 1. The molecule has 0 aromatic carbocycles. The van der Waals surface area contributed by atoms with Crippen molar-refractivity contribution in [3.63, 3.8) is 0 Å². The maximum absolute atomic E-state index is 12.5. The van der Waals surface area contributed by atoms with E-state index in [2.05, 4.69) is 10.2 Å². The lowest BCUT2D eigenvalue weighted by atomic mass is 9.95. The van der Waals surface area contributed by atoms with Crippen LogP contribution >= 0.6 is 12.4 Å². The van der Waals surface area contributed by atoms with E-state index in [4.69, 9.17) is 0 Å². The van der Waals surface area contributed by atoms with Crippen LogP contribution in [0, 0.1) is 5.92 Å². The number of rotatable bonds is 3. The molecule has 1 saturated carbocycles. The van der Waals surface area contributed by atoms with Gasteiger partial charge in [-0.1, -0.05) is 12.8 Å². The van der Waals surface area contributed by atoms with Crippen molar-refractivity contribution in [3.05, 3.63) is 0 Å². The molecule has 2 heterocycles. The Bertz CT molecular complexity index is 299. The molecule has 2 unspecified atom stereocenters. The topological polar surface area (TPSA) is 32.3 Å². The lowest BCUT2D eigenvalue weighted by Crippen LogP contribution is -2.41. The van der Waals surface area contributed by atoms with E-state index in [1.165, 1.54) is 51.4 Å². The number of hydrogen-bond acceptors (Lipinski definition) is 2. The fourth-order valence-corrected chi connectivity index (χ4v) is 4.19. The molecule has 3 fully saturated rings. The van der Waals surface area contributed by atoms with Gasteiger partial charge in [-0.25, -0.2) is 0 Å². The Balaban J connectivity index is 0.00000133. The van der Waals surface area contributed by atoms with Crippen LogP contribution in [-0.4, -0.2) is 36.0 Å². The number of hydrogen-bond donors (Lipinski definition) is 1. The Labute approximate surface area is 122 Å². The molecular formula is C15H27ClN2O. The minimum absolute atomic E-state index is 0. The van der Waals surface area contributed by atoms with Gasteiger partial charge in [0, 0.05) is 25.0 Å². The van der Waals surface area contributed by atoms with Crippen molar-refractivity contribution in [2.75, 3.05) is 13.1 Å². The second-order valence-corrected chi connectivity index (χ2v) is 6.34. The Morgan fingerprint density at radius 3 is 2.53 bits per heavy atom. The average Bonchev–Trinajstić information content (AvgIpc) is 3.11. The van der Waals surface area contributed by atoms with Crippen molar-refractivity contribution in [1.82, 2.24) is 10.2 Å². The highest BCUT2D eigenvalue weighted by Crippen LogP contribution is 2.35. The molecule has 0 aromatic rings. The minimum atomic E-state index is 0. The molecule has 1 N–H and O–H groups in total. The first-order chi connectivity index (χ1) is 8.84. The molecule has 2 aliphatic heterocycles. The minimum Gasteiger partial charge on any atom is -0.339 e. The van der Waals surface area contributed by atoms with Crippen LogP contribution in [0.4, 0.5) is 0 Å². The van der Waals surface area contributed by atoms with E-state index < -0.39 is 0 Å². The highest BCUT2D eigenvalue weighted by molar-refractivity contribution is 5.85. The molecule has 0 aromatic heterocycles. The molecule has 2 saturated heterocycles. The van der Waals surface area contributed by atoms with E-state index in [0.29, 0.717) is 18.0 Å². The van der Waals surface area contributed by atoms with Crippen molar-refractivity contribution < 1.29 is 4.79 Å². The molecule has 0 radical (unpaired) electrons. The summed E-state index contributed by atoms with van der Waals surface area (Å²) >= 11 is 0. The summed E-state index contributed by atoms with van der Waals surface area (Å²) in [7, 11) is 0. The van der Waals surface area contributed by atoms with E-state index in [1.807, 2.05) is 0 Å². The van der Waals surface area contributed by atoms with Crippen molar-refractivity contribution in [2.24, 2.45) is 5.92 Å². The highest BCUT2D eigenvalue weighted by atomic mass is 35.5. The first kappa shape index (κ1) is 15.1. The van der Waals surface area contributed by atoms with Gasteiger partial charge >= 0.3 is 0 Å². The van der Waals surface area contributed by atoms with Gasteiger partial charge in [-0.3, -0.25) is 4.79 Å². The molecule has 0 spiro atoms. The number of halogens is 1. The fraction of sp³-hybridized carbons (Fsp3) is 0.933. The van der Waals surface area contributed by atoms with Gasteiger partial charge in [0.1, 0.15) is 0 Å². The molecule has 3 rings (SSSR count). The predicted molar refractivity (Wildman–Crippen MR) is 79.6 cm³/mol. The second-order valence-electron chi connectivity index (χ2n) is 6.34. The summed E-state index contributed by atoms with van der Waals surface area (Å²) in [5.41, 5.74) is 0. The predicted octanol–water partition coefficient (Wildman–Crippen LogP) is 2.73. The van der Waals surface area contributed by atoms with Gasteiger partial charge in [0.2, 0.25) is 5.91 Å². The SMILES string of the molecule is Cl.O=C(CC1CCCN1)N1CCCC1C1CCCC1. The number of carbonyl (C=O) groups excluding carboxylic acids is 1. The molecule has 1 aliphatic carbocycles. The molecule has 3 nitrogen and oxygen atoms in total. The molecule has 4 heteroatoms. The van der Waals surface area contributed by atoms with E-state index in [0.717, 1.165) is 25.4 Å². The van der Waals surface area contributed by atoms with Crippen LogP contribution in [0.1, 0.15) is 57.8 Å². The Morgan fingerprint density at radius 2 is 1.84 bits per heavy atom. The molecule has 1 amide bonds. The van der Waals surface area contributed by atoms with Crippen LogP contribution in [0.3, 0.4) is 0 Å². The highest BCUT2D eigenvalue weighted by Gasteiger charge is 2.36. The monoisotopic (exact) mass is 286 g/mol. The number of likely N-dealkylation sites (tertiary alicyclic amines) is 1.